The summed E-state index contributed by atoms with van der Waals surface area (Å²) in [6, 6.07) is 6.04. The Balaban J connectivity index is 2.15. The van der Waals surface area contributed by atoms with Crippen molar-refractivity contribution >= 4 is 5.52 Å². The molecule has 19 heavy (non-hydrogen) atoms. The Labute approximate surface area is 108 Å². The van der Waals surface area contributed by atoms with E-state index >= 15 is 0 Å². The van der Waals surface area contributed by atoms with Crippen molar-refractivity contribution in [3.05, 3.63) is 66.0 Å². The van der Waals surface area contributed by atoms with Gasteiger partial charge in [-0.25, -0.2) is 14.3 Å². The molecule has 0 fully saturated rings. The normalized spacial score (nSPS) is 12.7. The fourth-order valence-electron chi connectivity index (χ4n) is 2.13. The SMILES string of the molecule is NNC(c1ccccc1F)c1cnn2ccncc12. The highest BCUT2D eigenvalue weighted by molar-refractivity contribution is 5.55. The number of rotatable bonds is 3. The smallest absolute Gasteiger partial charge is 0.128 e. The van der Waals surface area contributed by atoms with E-state index in [-0.39, 0.29) is 5.82 Å². The molecule has 1 aromatic carbocycles. The monoisotopic (exact) mass is 257 g/mol. The first-order chi connectivity index (χ1) is 9.31. The Kier molecular flexibility index (Phi) is 2.94. The topological polar surface area (TPSA) is 68.2 Å². The van der Waals surface area contributed by atoms with Crippen molar-refractivity contribution < 1.29 is 4.39 Å². The molecule has 3 rings (SSSR count). The molecule has 0 amide bonds. The van der Waals surface area contributed by atoms with Crippen LogP contribution in [-0.4, -0.2) is 14.6 Å². The second-order valence-corrected chi connectivity index (χ2v) is 4.13. The van der Waals surface area contributed by atoms with Gasteiger partial charge in [-0.15, -0.1) is 0 Å². The average Bonchev–Trinajstić information content (AvgIpc) is 2.86. The van der Waals surface area contributed by atoms with E-state index in [4.69, 9.17) is 5.84 Å². The third kappa shape index (κ3) is 1.96. The number of hydrogen-bond acceptors (Lipinski definition) is 4. The number of benzene rings is 1. The van der Waals surface area contributed by atoms with Crippen LogP contribution in [0.5, 0.6) is 0 Å². The lowest BCUT2D eigenvalue weighted by atomic mass is 10.0. The molecule has 3 N–H and O–H groups in total. The third-order valence-corrected chi connectivity index (χ3v) is 3.05. The van der Waals surface area contributed by atoms with Crippen molar-refractivity contribution in [3.63, 3.8) is 0 Å². The average molecular weight is 257 g/mol. The van der Waals surface area contributed by atoms with Crippen LogP contribution >= 0.6 is 0 Å². The standard InChI is InChI=1S/C13H12FN5/c14-11-4-2-1-3-9(11)13(18-15)10-7-17-19-6-5-16-8-12(10)19/h1-8,13,18H,15H2. The minimum absolute atomic E-state index is 0.311. The molecule has 0 radical (unpaired) electrons. The molecule has 0 aliphatic rings. The zero-order valence-electron chi connectivity index (χ0n) is 9.99. The number of nitrogens with two attached hydrogens (primary N) is 1. The Morgan fingerprint density at radius 1 is 1.21 bits per heavy atom. The van der Waals surface area contributed by atoms with Gasteiger partial charge in [0, 0.05) is 23.5 Å². The van der Waals surface area contributed by atoms with Gasteiger partial charge in [-0.2, -0.15) is 5.10 Å². The Bertz CT molecular complexity index is 709. The molecule has 1 atom stereocenters. The summed E-state index contributed by atoms with van der Waals surface area (Å²) in [5.41, 5.74) is 4.67. The molecule has 0 saturated carbocycles. The number of hydrazine groups is 1. The van der Waals surface area contributed by atoms with Gasteiger partial charge in [-0.1, -0.05) is 18.2 Å². The van der Waals surface area contributed by atoms with E-state index in [9.17, 15) is 4.39 Å². The Morgan fingerprint density at radius 2 is 2.05 bits per heavy atom. The van der Waals surface area contributed by atoms with Crippen molar-refractivity contribution in [1.29, 1.82) is 0 Å². The molecule has 3 aromatic rings. The molecule has 5 nitrogen and oxygen atoms in total. The molecular formula is C13H12FN5. The molecule has 2 heterocycles. The van der Waals surface area contributed by atoms with E-state index in [1.807, 2.05) is 0 Å². The number of nitrogens with zero attached hydrogens (tertiary/aromatic N) is 3. The maximum atomic E-state index is 13.9. The van der Waals surface area contributed by atoms with Gasteiger partial charge in [0.25, 0.3) is 0 Å². The predicted octanol–water partition coefficient (Wildman–Crippen LogP) is 1.42. The van der Waals surface area contributed by atoms with Gasteiger partial charge in [0.2, 0.25) is 0 Å². The molecule has 2 aromatic heterocycles. The van der Waals surface area contributed by atoms with E-state index in [1.54, 1.807) is 47.5 Å². The summed E-state index contributed by atoms with van der Waals surface area (Å²) < 4.78 is 15.6. The van der Waals surface area contributed by atoms with Gasteiger partial charge < -0.3 is 0 Å². The molecule has 6 heteroatoms. The molecular weight excluding hydrogens is 245 g/mol. The van der Waals surface area contributed by atoms with Gasteiger partial charge in [-0.05, 0) is 6.07 Å². The van der Waals surface area contributed by atoms with E-state index in [1.165, 1.54) is 6.07 Å². The zero-order chi connectivity index (χ0) is 13.2. The molecule has 1 unspecified atom stereocenters. The summed E-state index contributed by atoms with van der Waals surface area (Å²) in [5.74, 6) is 5.27. The first-order valence-electron chi connectivity index (χ1n) is 5.79. The van der Waals surface area contributed by atoms with Crippen LogP contribution in [0.3, 0.4) is 0 Å². The molecule has 0 bridgehead atoms. The number of nitrogens with one attached hydrogen (secondary N) is 1. The van der Waals surface area contributed by atoms with E-state index < -0.39 is 6.04 Å². The largest absolute Gasteiger partial charge is 0.271 e. The molecule has 0 aliphatic heterocycles. The summed E-state index contributed by atoms with van der Waals surface area (Å²) in [4.78, 5) is 4.06. The lowest BCUT2D eigenvalue weighted by molar-refractivity contribution is 0.562. The number of halogens is 1. The predicted molar refractivity (Wildman–Crippen MR) is 68.6 cm³/mol. The lowest BCUT2D eigenvalue weighted by Gasteiger charge is -2.15. The first-order valence-corrected chi connectivity index (χ1v) is 5.79. The minimum Gasteiger partial charge on any atom is -0.271 e. The van der Waals surface area contributed by atoms with Gasteiger partial charge in [0.05, 0.1) is 24.0 Å². The summed E-state index contributed by atoms with van der Waals surface area (Å²) in [7, 11) is 0. The Hall–Kier alpha value is -2.31. The highest BCUT2D eigenvalue weighted by atomic mass is 19.1. The fraction of sp³-hybridized carbons (Fsp3) is 0.0769. The molecule has 0 saturated heterocycles. The van der Waals surface area contributed by atoms with Crippen molar-refractivity contribution in [3.8, 4) is 0 Å². The zero-order valence-corrected chi connectivity index (χ0v) is 9.99. The van der Waals surface area contributed by atoms with E-state index in [2.05, 4.69) is 15.5 Å². The highest BCUT2D eigenvalue weighted by Crippen LogP contribution is 2.26. The van der Waals surface area contributed by atoms with Crippen molar-refractivity contribution in [2.24, 2.45) is 5.84 Å². The fourth-order valence-corrected chi connectivity index (χ4v) is 2.13. The summed E-state index contributed by atoms with van der Waals surface area (Å²) in [6.07, 6.45) is 6.70. The van der Waals surface area contributed by atoms with Gasteiger partial charge in [0.15, 0.2) is 0 Å². The highest BCUT2D eigenvalue weighted by Gasteiger charge is 2.20. The van der Waals surface area contributed by atoms with Crippen LogP contribution in [0, 0.1) is 5.82 Å². The van der Waals surface area contributed by atoms with Crippen LogP contribution in [-0.2, 0) is 0 Å². The van der Waals surface area contributed by atoms with Crippen molar-refractivity contribution in [2.45, 2.75) is 6.04 Å². The van der Waals surface area contributed by atoms with Crippen molar-refractivity contribution in [2.75, 3.05) is 0 Å². The third-order valence-electron chi connectivity index (χ3n) is 3.05. The maximum absolute atomic E-state index is 13.9. The lowest BCUT2D eigenvalue weighted by Crippen LogP contribution is -2.29. The molecule has 0 spiro atoms. The van der Waals surface area contributed by atoms with Gasteiger partial charge >= 0.3 is 0 Å². The van der Waals surface area contributed by atoms with Crippen molar-refractivity contribution in [1.82, 2.24) is 20.0 Å². The van der Waals surface area contributed by atoms with E-state index in [0.29, 0.717) is 5.56 Å². The van der Waals surface area contributed by atoms with Gasteiger partial charge in [0.1, 0.15) is 5.82 Å². The molecule has 0 aliphatic carbocycles. The summed E-state index contributed by atoms with van der Waals surface area (Å²) >= 11 is 0. The van der Waals surface area contributed by atoms with Crippen LogP contribution in [0.15, 0.2) is 49.1 Å². The second-order valence-electron chi connectivity index (χ2n) is 4.13. The van der Waals surface area contributed by atoms with E-state index in [0.717, 1.165) is 11.1 Å². The van der Waals surface area contributed by atoms with Crippen LogP contribution in [0.1, 0.15) is 17.2 Å². The van der Waals surface area contributed by atoms with Crippen LogP contribution in [0.4, 0.5) is 4.39 Å². The second kappa shape index (κ2) is 4.75. The maximum Gasteiger partial charge on any atom is 0.128 e. The summed E-state index contributed by atoms with van der Waals surface area (Å²) in [5, 5.41) is 4.20. The quantitative estimate of drug-likeness (QED) is 0.550. The number of fused-ring (bicyclic) bond motifs is 1. The Morgan fingerprint density at radius 3 is 2.84 bits per heavy atom. The molecule has 96 valence electrons. The minimum atomic E-state index is -0.470. The van der Waals surface area contributed by atoms with Crippen LogP contribution in [0.2, 0.25) is 0 Å². The van der Waals surface area contributed by atoms with Crippen LogP contribution < -0.4 is 11.3 Å². The summed E-state index contributed by atoms with van der Waals surface area (Å²) in [6.45, 7) is 0. The van der Waals surface area contributed by atoms with Gasteiger partial charge in [-0.3, -0.25) is 10.8 Å². The number of hydrogen-bond donors (Lipinski definition) is 2. The van der Waals surface area contributed by atoms with Crippen LogP contribution in [0.25, 0.3) is 5.52 Å². The number of aromatic nitrogens is 3. The first kappa shape index (κ1) is 11.8.